The maximum absolute atomic E-state index is 12.5. The number of pyridine rings is 1. The predicted molar refractivity (Wildman–Crippen MR) is 59.5 cm³/mol. The number of aromatic nitrogens is 1. The van der Waals surface area contributed by atoms with Crippen LogP contribution in [0.5, 0.6) is 0 Å². The molecule has 0 spiro atoms. The number of nitrogens with zero attached hydrogens (tertiary/aromatic N) is 1. The van der Waals surface area contributed by atoms with Crippen LogP contribution in [0.1, 0.15) is 17.3 Å². The molecule has 0 amide bonds. The molecule has 0 fully saturated rings. The summed E-state index contributed by atoms with van der Waals surface area (Å²) in [7, 11) is 0. The van der Waals surface area contributed by atoms with E-state index in [2.05, 4.69) is 4.98 Å². The molecule has 0 aliphatic rings. The van der Waals surface area contributed by atoms with Gasteiger partial charge in [-0.15, -0.1) is 0 Å². The Morgan fingerprint density at radius 2 is 1.88 bits per heavy atom. The van der Waals surface area contributed by atoms with E-state index >= 15 is 0 Å². The topological polar surface area (TPSA) is 38.9 Å². The van der Waals surface area contributed by atoms with Gasteiger partial charge in [-0.05, 0) is 30.7 Å². The first kappa shape index (κ1) is 11.9. The SMILES string of the molecule is Cc1ccc2cc(C(N)C(F)(F)F)ccc2n1. The summed E-state index contributed by atoms with van der Waals surface area (Å²) in [4.78, 5) is 4.22. The Balaban J connectivity index is 2.48. The van der Waals surface area contributed by atoms with Gasteiger partial charge in [0.15, 0.2) is 0 Å². The van der Waals surface area contributed by atoms with Crippen LogP contribution >= 0.6 is 0 Å². The normalized spacial score (nSPS) is 13.9. The molecule has 0 bridgehead atoms. The number of rotatable bonds is 1. The molecule has 2 N–H and O–H groups in total. The smallest absolute Gasteiger partial charge is 0.316 e. The highest BCUT2D eigenvalue weighted by Crippen LogP contribution is 2.31. The number of halogens is 3. The lowest BCUT2D eigenvalue weighted by Crippen LogP contribution is -2.28. The minimum Gasteiger partial charge on any atom is -0.316 e. The monoisotopic (exact) mass is 240 g/mol. The van der Waals surface area contributed by atoms with Crippen LogP contribution in [0.25, 0.3) is 10.9 Å². The number of benzene rings is 1. The summed E-state index contributed by atoms with van der Waals surface area (Å²) >= 11 is 0. The summed E-state index contributed by atoms with van der Waals surface area (Å²) in [6.07, 6.45) is -4.42. The maximum Gasteiger partial charge on any atom is 0.407 e. The van der Waals surface area contributed by atoms with Crippen molar-refractivity contribution in [2.24, 2.45) is 5.73 Å². The molecule has 1 atom stereocenters. The molecule has 2 aromatic rings. The molecule has 1 heterocycles. The third kappa shape index (κ3) is 2.39. The molecule has 1 aromatic heterocycles. The lowest BCUT2D eigenvalue weighted by molar-refractivity contribution is -0.149. The summed E-state index contributed by atoms with van der Waals surface area (Å²) in [5.74, 6) is 0. The molecule has 0 saturated carbocycles. The van der Waals surface area contributed by atoms with Gasteiger partial charge in [-0.1, -0.05) is 12.1 Å². The molecule has 5 heteroatoms. The Morgan fingerprint density at radius 1 is 1.18 bits per heavy atom. The van der Waals surface area contributed by atoms with E-state index in [1.54, 1.807) is 18.2 Å². The number of nitrogens with two attached hydrogens (primary N) is 1. The van der Waals surface area contributed by atoms with Crippen LogP contribution in [0.2, 0.25) is 0 Å². The first-order valence-corrected chi connectivity index (χ1v) is 5.07. The van der Waals surface area contributed by atoms with Crippen molar-refractivity contribution >= 4 is 10.9 Å². The highest BCUT2D eigenvalue weighted by atomic mass is 19.4. The Labute approximate surface area is 96.3 Å². The van der Waals surface area contributed by atoms with Gasteiger partial charge in [0.2, 0.25) is 0 Å². The summed E-state index contributed by atoms with van der Waals surface area (Å²) in [6, 6.07) is 5.90. The number of aryl methyl sites for hydroxylation is 1. The van der Waals surface area contributed by atoms with Gasteiger partial charge in [0, 0.05) is 11.1 Å². The molecule has 2 rings (SSSR count). The largest absolute Gasteiger partial charge is 0.407 e. The van der Waals surface area contributed by atoms with Crippen LogP contribution in [0.4, 0.5) is 13.2 Å². The highest BCUT2D eigenvalue weighted by Gasteiger charge is 2.37. The Morgan fingerprint density at radius 3 is 2.53 bits per heavy atom. The first-order chi connectivity index (χ1) is 7.88. The van der Waals surface area contributed by atoms with E-state index in [0.717, 1.165) is 5.69 Å². The van der Waals surface area contributed by atoms with Gasteiger partial charge in [-0.25, -0.2) is 0 Å². The van der Waals surface area contributed by atoms with Crippen molar-refractivity contribution in [3.8, 4) is 0 Å². The third-order valence-electron chi connectivity index (χ3n) is 2.56. The average molecular weight is 240 g/mol. The second-order valence-electron chi connectivity index (χ2n) is 3.92. The Kier molecular flexibility index (Phi) is 2.79. The van der Waals surface area contributed by atoms with E-state index in [1.807, 2.05) is 6.92 Å². The van der Waals surface area contributed by atoms with Crippen molar-refractivity contribution in [3.63, 3.8) is 0 Å². The quantitative estimate of drug-likeness (QED) is 0.831. The van der Waals surface area contributed by atoms with Crippen molar-refractivity contribution in [2.75, 3.05) is 0 Å². The molecule has 2 nitrogen and oxygen atoms in total. The summed E-state index contributed by atoms with van der Waals surface area (Å²) < 4.78 is 37.4. The minimum atomic E-state index is -4.42. The van der Waals surface area contributed by atoms with Gasteiger partial charge in [-0.3, -0.25) is 4.98 Å². The highest BCUT2D eigenvalue weighted by molar-refractivity contribution is 5.79. The number of hydrogen-bond donors (Lipinski definition) is 1. The fourth-order valence-corrected chi connectivity index (χ4v) is 1.63. The molecule has 1 unspecified atom stereocenters. The zero-order valence-corrected chi connectivity index (χ0v) is 9.12. The van der Waals surface area contributed by atoms with Gasteiger partial charge in [0.05, 0.1) is 5.52 Å². The van der Waals surface area contributed by atoms with Crippen LogP contribution < -0.4 is 5.73 Å². The average Bonchev–Trinajstić information content (AvgIpc) is 2.26. The molecule has 0 aliphatic heterocycles. The Hall–Kier alpha value is -1.62. The third-order valence-corrected chi connectivity index (χ3v) is 2.56. The lowest BCUT2D eigenvalue weighted by Gasteiger charge is -2.16. The molecular formula is C12H11F3N2. The summed E-state index contributed by atoms with van der Waals surface area (Å²) in [5, 5.41) is 0.660. The van der Waals surface area contributed by atoms with Gasteiger partial charge in [-0.2, -0.15) is 13.2 Å². The molecule has 90 valence electrons. The summed E-state index contributed by atoms with van der Waals surface area (Å²) in [5.41, 5.74) is 6.69. The summed E-state index contributed by atoms with van der Waals surface area (Å²) in [6.45, 7) is 1.83. The molecule has 0 radical (unpaired) electrons. The van der Waals surface area contributed by atoms with E-state index in [1.165, 1.54) is 12.1 Å². The standard InChI is InChI=1S/C12H11F3N2/c1-7-2-3-8-6-9(4-5-10(8)17-7)11(16)12(13,14)15/h2-6,11H,16H2,1H3. The zero-order chi connectivity index (χ0) is 12.6. The molecule has 0 aliphatic carbocycles. The van der Waals surface area contributed by atoms with Crippen LogP contribution in [0, 0.1) is 6.92 Å². The van der Waals surface area contributed by atoms with Crippen molar-refractivity contribution in [1.29, 1.82) is 0 Å². The van der Waals surface area contributed by atoms with Gasteiger partial charge >= 0.3 is 6.18 Å². The van der Waals surface area contributed by atoms with Gasteiger partial charge in [0.25, 0.3) is 0 Å². The van der Waals surface area contributed by atoms with Crippen LogP contribution in [-0.2, 0) is 0 Å². The van der Waals surface area contributed by atoms with E-state index in [9.17, 15) is 13.2 Å². The minimum absolute atomic E-state index is 0.0515. The molecular weight excluding hydrogens is 229 g/mol. The van der Waals surface area contributed by atoms with Crippen LogP contribution in [0.3, 0.4) is 0 Å². The van der Waals surface area contributed by atoms with E-state index in [4.69, 9.17) is 5.73 Å². The van der Waals surface area contributed by atoms with Gasteiger partial charge < -0.3 is 5.73 Å². The lowest BCUT2D eigenvalue weighted by atomic mass is 10.0. The first-order valence-electron chi connectivity index (χ1n) is 5.07. The van der Waals surface area contributed by atoms with E-state index < -0.39 is 12.2 Å². The molecule has 1 aromatic carbocycles. The van der Waals surface area contributed by atoms with Crippen LogP contribution in [-0.4, -0.2) is 11.2 Å². The Bertz CT molecular complexity index is 549. The fourth-order valence-electron chi connectivity index (χ4n) is 1.63. The number of alkyl halides is 3. The van der Waals surface area contributed by atoms with Crippen molar-refractivity contribution in [3.05, 3.63) is 41.6 Å². The number of hydrogen-bond acceptors (Lipinski definition) is 2. The zero-order valence-electron chi connectivity index (χ0n) is 9.12. The van der Waals surface area contributed by atoms with Crippen molar-refractivity contribution < 1.29 is 13.2 Å². The van der Waals surface area contributed by atoms with Gasteiger partial charge in [0.1, 0.15) is 6.04 Å². The maximum atomic E-state index is 12.5. The van der Waals surface area contributed by atoms with Crippen LogP contribution in [0.15, 0.2) is 30.3 Å². The fraction of sp³-hybridized carbons (Fsp3) is 0.250. The second-order valence-corrected chi connectivity index (χ2v) is 3.92. The molecule has 0 saturated heterocycles. The molecule has 17 heavy (non-hydrogen) atoms. The van der Waals surface area contributed by atoms with E-state index in [0.29, 0.717) is 10.9 Å². The number of fused-ring (bicyclic) bond motifs is 1. The van der Waals surface area contributed by atoms with Crippen molar-refractivity contribution in [1.82, 2.24) is 4.98 Å². The van der Waals surface area contributed by atoms with Crippen molar-refractivity contribution in [2.45, 2.75) is 19.1 Å². The second kappa shape index (κ2) is 4.00. The predicted octanol–water partition coefficient (Wildman–Crippen LogP) is 3.11. The van der Waals surface area contributed by atoms with E-state index in [-0.39, 0.29) is 5.56 Å².